The van der Waals surface area contributed by atoms with Gasteiger partial charge in [0.05, 0.1) is 11.4 Å². The molecule has 3 heteroatoms. The largest absolute Gasteiger partial charge is 0.246 e. The van der Waals surface area contributed by atoms with Crippen molar-refractivity contribution in [3.8, 4) is 17.9 Å². The van der Waals surface area contributed by atoms with Gasteiger partial charge in [0.25, 0.3) is 0 Å². The maximum atomic E-state index is 8.63. The summed E-state index contributed by atoms with van der Waals surface area (Å²) in [6, 6.07) is 5.37. The van der Waals surface area contributed by atoms with Crippen LogP contribution in [0.1, 0.15) is 11.3 Å². The van der Waals surface area contributed by atoms with Crippen molar-refractivity contribution in [2.24, 2.45) is 0 Å². The number of nitrogens with zero attached hydrogens (tertiary/aromatic N) is 2. The van der Waals surface area contributed by atoms with E-state index >= 15 is 0 Å². The van der Waals surface area contributed by atoms with Crippen LogP contribution in [-0.4, -0.2) is 10.9 Å². The van der Waals surface area contributed by atoms with Crippen LogP contribution < -0.4 is 0 Å². The Labute approximate surface area is 75.8 Å². The first kappa shape index (κ1) is 8.59. The Bertz CT molecular complexity index is 368. The summed E-state index contributed by atoms with van der Waals surface area (Å²) in [7, 11) is 0. The zero-order valence-electron chi connectivity index (χ0n) is 6.21. The molecule has 1 aromatic rings. The molecule has 0 spiro atoms. The topological polar surface area (TPSA) is 36.7 Å². The summed E-state index contributed by atoms with van der Waals surface area (Å²) in [6.45, 7) is 0. The summed E-state index contributed by atoms with van der Waals surface area (Å²) in [5.41, 5.74) is 0.968. The fourth-order valence-electron chi connectivity index (χ4n) is 0.712. The number of halogens is 1. The molecule has 0 aliphatic rings. The number of alkyl halides is 1. The Hall–Kier alpha value is -1.51. The molecule has 1 heterocycles. The molecule has 0 atom stereocenters. The van der Waals surface area contributed by atoms with Gasteiger partial charge in [-0.1, -0.05) is 5.92 Å². The van der Waals surface area contributed by atoms with Gasteiger partial charge in [-0.15, -0.1) is 11.6 Å². The van der Waals surface area contributed by atoms with E-state index in [4.69, 9.17) is 16.9 Å². The minimum Gasteiger partial charge on any atom is -0.246 e. The van der Waals surface area contributed by atoms with Crippen LogP contribution >= 0.6 is 11.6 Å². The molecule has 0 aliphatic heterocycles. The second-order valence-corrected chi connectivity index (χ2v) is 2.21. The van der Waals surface area contributed by atoms with Crippen LogP contribution in [0, 0.1) is 23.2 Å². The van der Waals surface area contributed by atoms with E-state index in [-0.39, 0.29) is 5.88 Å². The van der Waals surface area contributed by atoms with E-state index in [2.05, 4.69) is 16.8 Å². The van der Waals surface area contributed by atoms with Crippen LogP contribution in [0.5, 0.6) is 0 Å². The van der Waals surface area contributed by atoms with E-state index in [0.29, 0.717) is 11.3 Å². The minimum atomic E-state index is 0.251. The zero-order valence-corrected chi connectivity index (χ0v) is 6.97. The Morgan fingerprint density at radius 2 is 2.42 bits per heavy atom. The van der Waals surface area contributed by atoms with Crippen molar-refractivity contribution in [3.63, 3.8) is 0 Å². The fraction of sp³-hybridized carbons (Fsp3) is 0.111. The first-order valence-electron chi connectivity index (χ1n) is 3.28. The summed E-state index contributed by atoms with van der Waals surface area (Å²) >= 11 is 5.36. The van der Waals surface area contributed by atoms with Gasteiger partial charge in [0.1, 0.15) is 11.8 Å². The van der Waals surface area contributed by atoms with Gasteiger partial charge in [-0.2, -0.15) is 5.26 Å². The molecule has 58 valence electrons. The fourth-order valence-corrected chi connectivity index (χ4v) is 0.779. The monoisotopic (exact) mass is 176 g/mol. The quantitative estimate of drug-likeness (QED) is 0.444. The van der Waals surface area contributed by atoms with Gasteiger partial charge in [0.2, 0.25) is 0 Å². The molecule has 1 aromatic heterocycles. The van der Waals surface area contributed by atoms with Gasteiger partial charge >= 0.3 is 0 Å². The van der Waals surface area contributed by atoms with E-state index in [1.165, 1.54) is 0 Å². The predicted octanol–water partition coefficient (Wildman–Crippen LogP) is 1.54. The smallest absolute Gasteiger partial charge is 0.130 e. The minimum absolute atomic E-state index is 0.251. The first-order valence-corrected chi connectivity index (χ1v) is 3.82. The Kier molecular flexibility index (Phi) is 3.14. The van der Waals surface area contributed by atoms with E-state index in [1.807, 2.05) is 6.07 Å². The van der Waals surface area contributed by atoms with Crippen LogP contribution in [0.4, 0.5) is 0 Å². The molecular weight excluding hydrogens is 172 g/mol. The maximum absolute atomic E-state index is 8.63. The summed E-state index contributed by atoms with van der Waals surface area (Å²) in [4.78, 5) is 3.93. The number of rotatable bonds is 0. The number of pyridine rings is 1. The number of hydrogen-bond acceptors (Lipinski definition) is 2. The third-order valence-electron chi connectivity index (χ3n) is 1.20. The average molecular weight is 177 g/mol. The van der Waals surface area contributed by atoms with Crippen molar-refractivity contribution >= 4 is 11.6 Å². The molecule has 12 heavy (non-hydrogen) atoms. The number of aromatic nitrogens is 1. The number of nitriles is 1. The van der Waals surface area contributed by atoms with Crippen molar-refractivity contribution in [2.75, 3.05) is 5.88 Å². The Balaban J connectivity index is 3.07. The highest BCUT2D eigenvalue weighted by Crippen LogP contribution is 2.00. The molecule has 0 aliphatic carbocycles. The Morgan fingerprint density at radius 3 is 3.08 bits per heavy atom. The van der Waals surface area contributed by atoms with Gasteiger partial charge in [-0.3, -0.25) is 0 Å². The second-order valence-electron chi connectivity index (χ2n) is 1.95. The summed E-state index contributed by atoms with van der Waals surface area (Å²) in [5, 5.41) is 8.63. The van der Waals surface area contributed by atoms with Crippen molar-refractivity contribution in [1.82, 2.24) is 4.98 Å². The second kappa shape index (κ2) is 4.38. The molecule has 0 fully saturated rings. The van der Waals surface area contributed by atoms with E-state index < -0.39 is 0 Å². The highest BCUT2D eigenvalue weighted by Gasteiger charge is 1.96. The molecule has 0 radical (unpaired) electrons. The Morgan fingerprint density at radius 1 is 1.58 bits per heavy atom. The van der Waals surface area contributed by atoms with Gasteiger partial charge in [-0.05, 0) is 18.1 Å². The first-order chi connectivity index (χ1) is 5.88. The molecule has 0 bridgehead atoms. The van der Waals surface area contributed by atoms with Crippen molar-refractivity contribution < 1.29 is 0 Å². The zero-order chi connectivity index (χ0) is 8.81. The summed E-state index contributed by atoms with van der Waals surface area (Å²) < 4.78 is 0. The number of hydrogen-bond donors (Lipinski definition) is 0. The van der Waals surface area contributed by atoms with Gasteiger partial charge < -0.3 is 0 Å². The van der Waals surface area contributed by atoms with Gasteiger partial charge in [0, 0.05) is 6.20 Å². The molecule has 0 saturated heterocycles. The summed E-state index contributed by atoms with van der Waals surface area (Å²) in [6.07, 6.45) is 1.60. The molecule has 0 aromatic carbocycles. The van der Waals surface area contributed by atoms with Crippen molar-refractivity contribution in [2.45, 2.75) is 0 Å². The highest BCUT2D eigenvalue weighted by atomic mass is 35.5. The van der Waals surface area contributed by atoms with Crippen molar-refractivity contribution in [1.29, 1.82) is 5.26 Å². The standard InChI is InChI=1S/C9H5ClN2/c10-5-1-4-9-8(7-11)3-2-6-12-9/h2-3,6H,5H2. The molecule has 2 nitrogen and oxygen atoms in total. The third-order valence-corrected chi connectivity index (χ3v) is 1.34. The van der Waals surface area contributed by atoms with Crippen LogP contribution in [0.3, 0.4) is 0 Å². The molecule has 0 unspecified atom stereocenters. The lowest BCUT2D eigenvalue weighted by Crippen LogP contribution is -1.86. The molecule has 0 amide bonds. The lowest BCUT2D eigenvalue weighted by molar-refractivity contribution is 1.26. The molecular formula is C9H5ClN2. The van der Waals surface area contributed by atoms with Crippen LogP contribution in [0.25, 0.3) is 0 Å². The lowest BCUT2D eigenvalue weighted by Gasteiger charge is -1.90. The SMILES string of the molecule is N#Cc1cccnc1C#CCCl. The lowest BCUT2D eigenvalue weighted by atomic mass is 10.2. The van der Waals surface area contributed by atoms with E-state index in [9.17, 15) is 0 Å². The predicted molar refractivity (Wildman–Crippen MR) is 46.6 cm³/mol. The van der Waals surface area contributed by atoms with E-state index in [1.54, 1.807) is 18.3 Å². The van der Waals surface area contributed by atoms with Crippen LogP contribution in [0.15, 0.2) is 18.3 Å². The average Bonchev–Trinajstić information content (AvgIpc) is 2.15. The van der Waals surface area contributed by atoms with Crippen LogP contribution in [0.2, 0.25) is 0 Å². The molecule has 0 N–H and O–H groups in total. The third kappa shape index (κ3) is 1.99. The van der Waals surface area contributed by atoms with Gasteiger partial charge in [-0.25, -0.2) is 4.98 Å². The van der Waals surface area contributed by atoms with Crippen molar-refractivity contribution in [3.05, 3.63) is 29.6 Å². The van der Waals surface area contributed by atoms with Crippen LogP contribution in [-0.2, 0) is 0 Å². The molecule has 1 rings (SSSR count). The maximum Gasteiger partial charge on any atom is 0.130 e. The highest BCUT2D eigenvalue weighted by molar-refractivity contribution is 6.19. The molecule has 0 saturated carbocycles. The van der Waals surface area contributed by atoms with E-state index in [0.717, 1.165) is 0 Å². The normalized spacial score (nSPS) is 8.00. The summed E-state index contributed by atoms with van der Waals surface area (Å²) in [5.74, 6) is 5.59. The van der Waals surface area contributed by atoms with Gasteiger partial charge in [0.15, 0.2) is 0 Å².